The third-order valence-electron chi connectivity index (χ3n) is 5.01. The van der Waals surface area contributed by atoms with Crippen LogP contribution in [-0.2, 0) is 4.79 Å². The van der Waals surface area contributed by atoms with Gasteiger partial charge in [-0.25, -0.2) is 0 Å². The van der Waals surface area contributed by atoms with Crippen molar-refractivity contribution >= 4 is 11.9 Å². The Labute approximate surface area is 123 Å². The minimum absolute atomic E-state index is 0.0551. The molecule has 1 aromatic rings. The van der Waals surface area contributed by atoms with E-state index in [9.17, 15) is 14.7 Å². The van der Waals surface area contributed by atoms with E-state index in [-0.39, 0.29) is 35.0 Å². The zero-order chi connectivity index (χ0) is 15.8. The summed E-state index contributed by atoms with van der Waals surface area (Å²) in [6.07, 6.45) is 2.72. The van der Waals surface area contributed by atoms with E-state index in [2.05, 4.69) is 10.5 Å². The summed E-state index contributed by atoms with van der Waals surface area (Å²) in [5.74, 6) is -1.15. The number of amides is 1. The van der Waals surface area contributed by atoms with Crippen molar-refractivity contribution in [2.75, 3.05) is 0 Å². The number of carbonyl (C=O) groups is 2. The largest absolute Gasteiger partial charge is 0.481 e. The van der Waals surface area contributed by atoms with E-state index in [1.165, 1.54) is 6.20 Å². The molecule has 1 saturated carbocycles. The molecule has 1 fully saturated rings. The van der Waals surface area contributed by atoms with Gasteiger partial charge in [-0.1, -0.05) is 25.9 Å². The molecule has 1 aliphatic rings. The number of aromatic nitrogens is 1. The minimum atomic E-state index is -0.761. The van der Waals surface area contributed by atoms with Crippen LogP contribution in [0.5, 0.6) is 0 Å². The van der Waals surface area contributed by atoms with Gasteiger partial charge in [0.25, 0.3) is 5.91 Å². The average molecular weight is 294 g/mol. The fraction of sp³-hybridized carbons (Fsp3) is 0.667. The number of hydrogen-bond acceptors (Lipinski definition) is 4. The molecule has 6 nitrogen and oxygen atoms in total. The first-order chi connectivity index (χ1) is 9.75. The number of nitrogens with one attached hydrogen (secondary N) is 1. The van der Waals surface area contributed by atoms with Gasteiger partial charge in [-0.15, -0.1) is 0 Å². The number of hydrogen-bond donors (Lipinski definition) is 2. The van der Waals surface area contributed by atoms with Crippen LogP contribution in [0.3, 0.4) is 0 Å². The van der Waals surface area contributed by atoms with Gasteiger partial charge in [0, 0.05) is 11.6 Å². The Kier molecular flexibility index (Phi) is 4.07. The summed E-state index contributed by atoms with van der Waals surface area (Å²) in [4.78, 5) is 23.6. The molecule has 0 bridgehead atoms. The molecule has 0 radical (unpaired) electrons. The number of carboxylic acid groups (broad SMARTS) is 1. The fourth-order valence-corrected chi connectivity index (χ4v) is 3.19. The van der Waals surface area contributed by atoms with Crippen molar-refractivity contribution in [2.24, 2.45) is 17.3 Å². The van der Waals surface area contributed by atoms with E-state index in [4.69, 9.17) is 4.52 Å². The van der Waals surface area contributed by atoms with Gasteiger partial charge in [0.05, 0.1) is 12.1 Å². The van der Waals surface area contributed by atoms with E-state index in [0.29, 0.717) is 18.4 Å². The van der Waals surface area contributed by atoms with E-state index in [1.54, 1.807) is 6.92 Å². The molecule has 0 spiro atoms. The molecule has 2 rings (SSSR count). The summed E-state index contributed by atoms with van der Waals surface area (Å²) in [5.41, 5.74) is 0.317. The summed E-state index contributed by atoms with van der Waals surface area (Å²) in [6.45, 7) is 7.66. The predicted molar refractivity (Wildman–Crippen MR) is 75.8 cm³/mol. The van der Waals surface area contributed by atoms with E-state index in [0.717, 1.165) is 0 Å². The van der Waals surface area contributed by atoms with Gasteiger partial charge in [0.1, 0.15) is 0 Å². The predicted octanol–water partition coefficient (Wildman–Crippen LogP) is 2.24. The molecule has 3 unspecified atom stereocenters. The quantitative estimate of drug-likeness (QED) is 0.892. The number of aliphatic carboxylic acids is 1. The smallest absolute Gasteiger partial charge is 0.307 e. The van der Waals surface area contributed by atoms with Crippen LogP contribution in [-0.4, -0.2) is 28.2 Å². The standard InChI is InChI=1S/C15H22N2O4/c1-8-7-16-21-12(8)13(18)17-11-6-5-10(14(19)20)15(3,4)9(11)2/h7,9-11H,5-6H2,1-4H3,(H,17,18)(H,19,20). The van der Waals surface area contributed by atoms with Crippen molar-refractivity contribution in [2.45, 2.75) is 46.6 Å². The van der Waals surface area contributed by atoms with Gasteiger partial charge < -0.3 is 14.9 Å². The zero-order valence-corrected chi connectivity index (χ0v) is 12.8. The Morgan fingerprint density at radius 2 is 2.10 bits per heavy atom. The molecule has 1 aliphatic carbocycles. The molecule has 6 heteroatoms. The molecule has 21 heavy (non-hydrogen) atoms. The average Bonchev–Trinajstić information content (AvgIpc) is 2.81. The van der Waals surface area contributed by atoms with Gasteiger partial charge in [-0.3, -0.25) is 9.59 Å². The number of aryl methyl sites for hydroxylation is 1. The first-order valence-electron chi connectivity index (χ1n) is 7.20. The maximum absolute atomic E-state index is 12.2. The lowest BCUT2D eigenvalue weighted by atomic mass is 9.61. The van der Waals surface area contributed by atoms with Crippen LogP contribution >= 0.6 is 0 Å². The second kappa shape index (κ2) is 5.50. The summed E-state index contributed by atoms with van der Waals surface area (Å²) >= 11 is 0. The number of rotatable bonds is 3. The van der Waals surface area contributed by atoms with Crippen LogP contribution < -0.4 is 5.32 Å². The van der Waals surface area contributed by atoms with Gasteiger partial charge >= 0.3 is 5.97 Å². The van der Waals surface area contributed by atoms with Crippen LogP contribution in [0.1, 0.15) is 49.7 Å². The summed E-state index contributed by atoms with van der Waals surface area (Å²) in [5, 5.41) is 15.9. The van der Waals surface area contributed by atoms with Crippen molar-refractivity contribution in [3.63, 3.8) is 0 Å². The van der Waals surface area contributed by atoms with Crippen LogP contribution in [0.4, 0.5) is 0 Å². The topological polar surface area (TPSA) is 92.4 Å². The Morgan fingerprint density at radius 1 is 1.43 bits per heavy atom. The fourth-order valence-electron chi connectivity index (χ4n) is 3.19. The molecule has 1 heterocycles. The zero-order valence-electron chi connectivity index (χ0n) is 12.8. The Bertz CT molecular complexity index is 550. The number of carbonyl (C=O) groups excluding carboxylic acids is 1. The summed E-state index contributed by atoms with van der Waals surface area (Å²) in [7, 11) is 0. The van der Waals surface area contributed by atoms with Gasteiger partial charge in [-0.05, 0) is 31.1 Å². The SMILES string of the molecule is Cc1cnoc1C(=O)NC1CCC(C(=O)O)C(C)(C)C1C. The maximum Gasteiger partial charge on any atom is 0.307 e. The second-order valence-corrected chi connectivity index (χ2v) is 6.50. The van der Waals surface area contributed by atoms with Crippen LogP contribution in [0.15, 0.2) is 10.7 Å². The van der Waals surface area contributed by atoms with Crippen LogP contribution in [0, 0.1) is 24.2 Å². The highest BCUT2D eigenvalue weighted by molar-refractivity contribution is 5.92. The molecular formula is C15H22N2O4. The van der Waals surface area contributed by atoms with Gasteiger partial charge in [0.15, 0.2) is 0 Å². The molecule has 1 aromatic heterocycles. The normalized spacial score (nSPS) is 28.1. The molecule has 0 saturated heterocycles. The Hall–Kier alpha value is -1.85. The summed E-state index contributed by atoms with van der Waals surface area (Å²) < 4.78 is 4.96. The van der Waals surface area contributed by atoms with Crippen molar-refractivity contribution in [3.05, 3.63) is 17.5 Å². The highest BCUT2D eigenvalue weighted by Crippen LogP contribution is 2.45. The van der Waals surface area contributed by atoms with E-state index < -0.39 is 5.97 Å². The molecule has 0 aliphatic heterocycles. The molecule has 116 valence electrons. The molecular weight excluding hydrogens is 272 g/mol. The third-order valence-corrected chi connectivity index (χ3v) is 5.01. The van der Waals surface area contributed by atoms with Crippen molar-refractivity contribution in [1.82, 2.24) is 10.5 Å². The van der Waals surface area contributed by atoms with Crippen molar-refractivity contribution < 1.29 is 19.2 Å². The van der Waals surface area contributed by atoms with Crippen LogP contribution in [0.25, 0.3) is 0 Å². The first kappa shape index (κ1) is 15.5. The highest BCUT2D eigenvalue weighted by Gasteiger charge is 2.46. The van der Waals surface area contributed by atoms with Gasteiger partial charge in [-0.2, -0.15) is 0 Å². The first-order valence-corrected chi connectivity index (χ1v) is 7.20. The van der Waals surface area contributed by atoms with E-state index >= 15 is 0 Å². The third kappa shape index (κ3) is 2.80. The van der Waals surface area contributed by atoms with E-state index in [1.807, 2.05) is 20.8 Å². The van der Waals surface area contributed by atoms with Crippen LogP contribution in [0.2, 0.25) is 0 Å². The molecule has 2 N–H and O–H groups in total. The second-order valence-electron chi connectivity index (χ2n) is 6.50. The van der Waals surface area contributed by atoms with Gasteiger partial charge in [0.2, 0.25) is 5.76 Å². The van der Waals surface area contributed by atoms with Crippen molar-refractivity contribution in [1.29, 1.82) is 0 Å². The maximum atomic E-state index is 12.2. The Morgan fingerprint density at radius 3 is 2.62 bits per heavy atom. The summed E-state index contributed by atoms with van der Waals surface area (Å²) in [6, 6.07) is -0.0624. The Balaban J connectivity index is 2.11. The lowest BCUT2D eigenvalue weighted by molar-refractivity contribution is -0.150. The monoisotopic (exact) mass is 294 g/mol. The molecule has 3 atom stereocenters. The molecule has 1 amide bonds. The molecule has 0 aromatic carbocycles. The number of nitrogens with zero attached hydrogens (tertiary/aromatic N) is 1. The lowest BCUT2D eigenvalue weighted by Gasteiger charge is -2.46. The van der Waals surface area contributed by atoms with Crippen molar-refractivity contribution in [3.8, 4) is 0 Å². The lowest BCUT2D eigenvalue weighted by Crippen LogP contribution is -2.52. The number of carboxylic acids is 1. The minimum Gasteiger partial charge on any atom is -0.481 e. The highest BCUT2D eigenvalue weighted by atomic mass is 16.5.